The summed E-state index contributed by atoms with van der Waals surface area (Å²) in [4.78, 5) is 0. The molecule has 1 rings (SSSR count). The lowest BCUT2D eigenvalue weighted by Gasteiger charge is -2.05. The number of rotatable bonds is 3. The van der Waals surface area contributed by atoms with Crippen LogP contribution in [-0.4, -0.2) is 6.61 Å². The topological polar surface area (TPSA) is 9.23 Å². The molecule has 1 aromatic rings. The van der Waals surface area contributed by atoms with Gasteiger partial charge in [0.1, 0.15) is 12.4 Å². The monoisotopic (exact) mass is 274 g/mol. The number of benzene rings is 1. The largest absolute Gasteiger partial charge is 0.488 e. The number of halogens is 1. The minimum absolute atomic E-state index is 0.569. The highest BCUT2D eigenvalue weighted by Gasteiger charge is 1.98. The first-order valence-corrected chi connectivity index (χ1v) is 4.82. The lowest BCUT2D eigenvalue weighted by molar-refractivity contribution is 0.360. The van der Waals surface area contributed by atoms with Crippen LogP contribution in [0.1, 0.15) is 5.56 Å². The Balaban J connectivity index is 2.82. The van der Waals surface area contributed by atoms with Gasteiger partial charge >= 0.3 is 0 Å². The van der Waals surface area contributed by atoms with Crippen LogP contribution in [0.4, 0.5) is 0 Å². The molecule has 0 aliphatic heterocycles. The number of aryl methyl sites for hydroxylation is 1. The quantitative estimate of drug-likeness (QED) is 0.607. The normalized spacial score (nSPS) is 9.50. The van der Waals surface area contributed by atoms with Crippen LogP contribution in [-0.2, 0) is 0 Å². The fourth-order valence-electron chi connectivity index (χ4n) is 0.870. The van der Waals surface area contributed by atoms with Gasteiger partial charge in [0.15, 0.2) is 0 Å². The van der Waals surface area contributed by atoms with Crippen molar-refractivity contribution in [1.29, 1.82) is 0 Å². The van der Waals surface area contributed by atoms with E-state index in [1.165, 1.54) is 5.56 Å². The van der Waals surface area contributed by atoms with Crippen LogP contribution in [0.5, 0.6) is 5.75 Å². The maximum Gasteiger partial charge on any atom is 0.133 e. The Morgan fingerprint density at radius 1 is 1.58 bits per heavy atom. The summed E-state index contributed by atoms with van der Waals surface area (Å²) in [6.07, 6.45) is 1.75. The summed E-state index contributed by atoms with van der Waals surface area (Å²) >= 11 is 2.26. The molecule has 0 N–H and O–H groups in total. The van der Waals surface area contributed by atoms with Crippen LogP contribution in [0, 0.1) is 10.5 Å². The number of hydrogen-bond acceptors (Lipinski definition) is 1. The molecule has 1 nitrogen and oxygen atoms in total. The Hall–Kier alpha value is -0.510. The average molecular weight is 274 g/mol. The molecule has 0 saturated carbocycles. The van der Waals surface area contributed by atoms with Gasteiger partial charge < -0.3 is 4.74 Å². The summed E-state index contributed by atoms with van der Waals surface area (Å²) in [5.41, 5.74) is 1.22. The van der Waals surface area contributed by atoms with Crippen molar-refractivity contribution < 1.29 is 4.74 Å². The van der Waals surface area contributed by atoms with Crippen LogP contribution >= 0.6 is 22.6 Å². The van der Waals surface area contributed by atoms with E-state index in [0.29, 0.717) is 6.61 Å². The third-order valence-corrected chi connectivity index (χ3v) is 2.33. The Labute approximate surface area is 86.6 Å². The molecule has 0 amide bonds. The summed E-state index contributed by atoms with van der Waals surface area (Å²) in [6.45, 7) is 6.22. The van der Waals surface area contributed by atoms with E-state index < -0.39 is 0 Å². The molecule has 0 spiro atoms. The fraction of sp³-hybridized carbons (Fsp3) is 0.200. The van der Waals surface area contributed by atoms with Crippen molar-refractivity contribution in [2.24, 2.45) is 0 Å². The maximum absolute atomic E-state index is 5.44. The number of ether oxygens (including phenoxy) is 1. The lowest BCUT2D eigenvalue weighted by atomic mass is 10.2. The SMILES string of the molecule is C=CCOc1cc(C)ccc1I. The predicted molar refractivity (Wildman–Crippen MR) is 59.6 cm³/mol. The van der Waals surface area contributed by atoms with E-state index >= 15 is 0 Å². The minimum atomic E-state index is 0.569. The highest BCUT2D eigenvalue weighted by Crippen LogP contribution is 2.21. The molecule has 0 aliphatic rings. The van der Waals surface area contributed by atoms with Gasteiger partial charge in [0.05, 0.1) is 3.57 Å². The summed E-state index contributed by atoms with van der Waals surface area (Å²) in [5.74, 6) is 0.940. The molecule has 12 heavy (non-hydrogen) atoms. The van der Waals surface area contributed by atoms with E-state index in [9.17, 15) is 0 Å². The Bertz CT molecular complexity index is 281. The zero-order chi connectivity index (χ0) is 8.97. The molecule has 0 heterocycles. The highest BCUT2D eigenvalue weighted by molar-refractivity contribution is 14.1. The average Bonchev–Trinajstić information content (AvgIpc) is 2.07. The predicted octanol–water partition coefficient (Wildman–Crippen LogP) is 3.16. The zero-order valence-electron chi connectivity index (χ0n) is 7.01. The van der Waals surface area contributed by atoms with Gasteiger partial charge in [-0.3, -0.25) is 0 Å². The second-order valence-electron chi connectivity index (χ2n) is 2.53. The van der Waals surface area contributed by atoms with E-state index in [0.717, 1.165) is 9.32 Å². The maximum atomic E-state index is 5.44. The molecular formula is C10H11IO. The molecule has 1 aromatic carbocycles. The first-order valence-electron chi connectivity index (χ1n) is 3.74. The molecule has 64 valence electrons. The molecule has 0 bridgehead atoms. The van der Waals surface area contributed by atoms with Crippen molar-refractivity contribution in [2.45, 2.75) is 6.92 Å². The van der Waals surface area contributed by atoms with Gasteiger partial charge in [-0.15, -0.1) is 0 Å². The van der Waals surface area contributed by atoms with Gasteiger partial charge in [-0.25, -0.2) is 0 Å². The molecule has 0 saturated heterocycles. The van der Waals surface area contributed by atoms with Crippen LogP contribution < -0.4 is 4.74 Å². The lowest BCUT2D eigenvalue weighted by Crippen LogP contribution is -1.95. The van der Waals surface area contributed by atoms with Gasteiger partial charge in [0.2, 0.25) is 0 Å². The Morgan fingerprint density at radius 2 is 2.33 bits per heavy atom. The molecular weight excluding hydrogens is 263 g/mol. The standard InChI is InChI=1S/C10H11IO/c1-3-6-12-10-7-8(2)4-5-9(10)11/h3-5,7H,1,6H2,2H3. The third-order valence-electron chi connectivity index (χ3n) is 1.44. The third kappa shape index (κ3) is 2.52. The zero-order valence-corrected chi connectivity index (χ0v) is 9.17. The van der Waals surface area contributed by atoms with Crippen molar-refractivity contribution in [3.63, 3.8) is 0 Å². The molecule has 0 fully saturated rings. The van der Waals surface area contributed by atoms with E-state index in [4.69, 9.17) is 4.74 Å². The first-order chi connectivity index (χ1) is 5.74. The summed E-state index contributed by atoms with van der Waals surface area (Å²) in [6, 6.07) is 6.15. The first kappa shape index (κ1) is 9.58. The van der Waals surface area contributed by atoms with Crippen LogP contribution in [0.15, 0.2) is 30.9 Å². The highest BCUT2D eigenvalue weighted by atomic mass is 127. The summed E-state index contributed by atoms with van der Waals surface area (Å²) < 4.78 is 6.58. The molecule has 2 heteroatoms. The molecule has 0 unspecified atom stereocenters. The van der Waals surface area contributed by atoms with Gasteiger partial charge in [-0.1, -0.05) is 18.7 Å². The number of hydrogen-bond donors (Lipinski definition) is 0. The van der Waals surface area contributed by atoms with Gasteiger partial charge in [-0.05, 0) is 47.2 Å². The van der Waals surface area contributed by atoms with Crippen LogP contribution in [0.3, 0.4) is 0 Å². The second kappa shape index (κ2) is 4.50. The Morgan fingerprint density at radius 3 is 3.00 bits per heavy atom. The van der Waals surface area contributed by atoms with Crippen LogP contribution in [0.2, 0.25) is 0 Å². The molecule has 0 radical (unpaired) electrons. The van der Waals surface area contributed by atoms with Crippen LogP contribution in [0.25, 0.3) is 0 Å². The van der Waals surface area contributed by atoms with Crippen molar-refractivity contribution in [3.8, 4) is 5.75 Å². The van der Waals surface area contributed by atoms with E-state index in [-0.39, 0.29) is 0 Å². The van der Waals surface area contributed by atoms with Crippen molar-refractivity contribution in [1.82, 2.24) is 0 Å². The molecule has 0 aromatic heterocycles. The van der Waals surface area contributed by atoms with Crippen molar-refractivity contribution in [3.05, 3.63) is 40.0 Å². The van der Waals surface area contributed by atoms with E-state index in [1.54, 1.807) is 6.08 Å². The van der Waals surface area contributed by atoms with Gasteiger partial charge in [0, 0.05) is 0 Å². The molecule has 0 aliphatic carbocycles. The summed E-state index contributed by atoms with van der Waals surface area (Å²) in [7, 11) is 0. The smallest absolute Gasteiger partial charge is 0.133 e. The van der Waals surface area contributed by atoms with E-state index in [2.05, 4.69) is 42.2 Å². The van der Waals surface area contributed by atoms with Gasteiger partial charge in [0.25, 0.3) is 0 Å². The molecule has 0 atom stereocenters. The van der Waals surface area contributed by atoms with Gasteiger partial charge in [-0.2, -0.15) is 0 Å². The minimum Gasteiger partial charge on any atom is -0.488 e. The van der Waals surface area contributed by atoms with Crippen molar-refractivity contribution >= 4 is 22.6 Å². The fourth-order valence-corrected chi connectivity index (χ4v) is 1.36. The second-order valence-corrected chi connectivity index (χ2v) is 3.70. The Kier molecular flexibility index (Phi) is 3.59. The summed E-state index contributed by atoms with van der Waals surface area (Å²) in [5, 5.41) is 0. The van der Waals surface area contributed by atoms with E-state index in [1.807, 2.05) is 12.1 Å². The van der Waals surface area contributed by atoms with Crippen molar-refractivity contribution in [2.75, 3.05) is 6.61 Å².